The quantitative estimate of drug-likeness (QED) is 0.347. The van der Waals surface area contributed by atoms with Crippen LogP contribution in [-0.2, 0) is 25.8 Å². The number of nitrogens with zero attached hydrogens (tertiary/aromatic N) is 6. The van der Waals surface area contributed by atoms with Crippen molar-refractivity contribution in [1.29, 1.82) is 0 Å². The van der Waals surface area contributed by atoms with Crippen LogP contribution >= 0.6 is 0 Å². The SMILES string of the molecule is Cn1cc(C(F)(F)F)nc1N1CCC(Cc2ccnc3nc(-c4ccccc4C(F)(F)F)nc(N)c23)CC1. The highest BCUT2D eigenvalue weighted by atomic mass is 19.4. The van der Waals surface area contributed by atoms with Gasteiger partial charge in [0, 0.05) is 38.1 Å². The number of rotatable bonds is 4. The summed E-state index contributed by atoms with van der Waals surface area (Å²) in [7, 11) is 1.54. The first kappa shape index (κ1) is 25.7. The van der Waals surface area contributed by atoms with Gasteiger partial charge < -0.3 is 15.2 Å². The Morgan fingerprint density at radius 3 is 2.32 bits per heavy atom. The summed E-state index contributed by atoms with van der Waals surface area (Å²) in [6, 6.07) is 6.80. The summed E-state index contributed by atoms with van der Waals surface area (Å²) in [5.74, 6) is 0.350. The number of alkyl halides is 6. The number of nitrogen functional groups attached to an aromatic ring is 1. The molecular weight excluding hydrogens is 512 g/mol. The minimum Gasteiger partial charge on any atom is -0.383 e. The molecule has 0 spiro atoms. The third kappa shape index (κ3) is 4.96. The normalized spacial score (nSPS) is 15.4. The van der Waals surface area contributed by atoms with Crippen LogP contribution in [0.2, 0.25) is 0 Å². The number of hydrogen-bond donors (Lipinski definition) is 1. The molecule has 0 atom stereocenters. The number of aromatic nitrogens is 5. The van der Waals surface area contributed by atoms with Crippen LogP contribution in [0.3, 0.4) is 0 Å². The predicted molar refractivity (Wildman–Crippen MR) is 129 cm³/mol. The zero-order valence-corrected chi connectivity index (χ0v) is 20.2. The maximum atomic E-state index is 13.5. The lowest BCUT2D eigenvalue weighted by Gasteiger charge is -2.32. The van der Waals surface area contributed by atoms with Gasteiger partial charge in [-0.15, -0.1) is 0 Å². The van der Waals surface area contributed by atoms with Crippen LogP contribution in [0.5, 0.6) is 0 Å². The minimum absolute atomic E-state index is 0.0372. The monoisotopic (exact) mass is 535 g/mol. The lowest BCUT2D eigenvalue weighted by atomic mass is 9.89. The third-order valence-corrected chi connectivity index (χ3v) is 6.73. The van der Waals surface area contributed by atoms with Crippen molar-refractivity contribution >= 4 is 22.8 Å². The molecule has 1 aliphatic heterocycles. The van der Waals surface area contributed by atoms with Crippen molar-refractivity contribution < 1.29 is 26.3 Å². The van der Waals surface area contributed by atoms with E-state index in [1.54, 1.807) is 6.07 Å². The summed E-state index contributed by atoms with van der Waals surface area (Å²) in [6.07, 6.45) is -4.58. The molecule has 0 unspecified atom stereocenters. The minimum atomic E-state index is -4.59. The lowest BCUT2D eigenvalue weighted by Crippen LogP contribution is -2.36. The standard InChI is InChI=1S/C25H23F6N7/c1-37-13-18(25(29,30)31)34-23(37)38-10-7-14(8-11-38)12-15-6-9-33-22-19(15)20(32)35-21(36-22)16-4-2-3-5-17(16)24(26,27)28/h2-6,9,13-14H,7-8,10-12H2,1H3,(H2,32,33,35,36). The molecule has 1 aliphatic rings. The number of nitrogens with two attached hydrogens (primary N) is 1. The molecule has 1 saturated heterocycles. The number of anilines is 2. The number of piperidine rings is 1. The fraction of sp³-hybridized carbons (Fsp3) is 0.360. The van der Waals surface area contributed by atoms with Crippen molar-refractivity contribution in [2.75, 3.05) is 23.7 Å². The highest BCUT2D eigenvalue weighted by Crippen LogP contribution is 2.37. The van der Waals surface area contributed by atoms with Gasteiger partial charge in [0.15, 0.2) is 17.2 Å². The van der Waals surface area contributed by atoms with Crippen LogP contribution in [-0.4, -0.2) is 37.6 Å². The Morgan fingerprint density at radius 2 is 1.66 bits per heavy atom. The van der Waals surface area contributed by atoms with Gasteiger partial charge in [0.05, 0.1) is 10.9 Å². The summed E-state index contributed by atoms with van der Waals surface area (Å²) in [4.78, 5) is 18.3. The van der Waals surface area contributed by atoms with E-state index in [9.17, 15) is 26.3 Å². The molecule has 7 nitrogen and oxygen atoms in total. The van der Waals surface area contributed by atoms with Gasteiger partial charge in [0.1, 0.15) is 5.82 Å². The second-order valence-corrected chi connectivity index (χ2v) is 9.31. The van der Waals surface area contributed by atoms with E-state index in [0.29, 0.717) is 37.7 Å². The van der Waals surface area contributed by atoms with Crippen molar-refractivity contribution in [3.8, 4) is 11.4 Å². The molecule has 1 fully saturated rings. The van der Waals surface area contributed by atoms with Crippen LogP contribution < -0.4 is 10.6 Å². The molecule has 0 radical (unpaired) electrons. The highest BCUT2D eigenvalue weighted by Gasteiger charge is 2.36. The van der Waals surface area contributed by atoms with Crippen molar-refractivity contribution in [1.82, 2.24) is 24.5 Å². The number of halogens is 6. The van der Waals surface area contributed by atoms with Crippen molar-refractivity contribution in [2.45, 2.75) is 31.6 Å². The Morgan fingerprint density at radius 1 is 0.947 bits per heavy atom. The van der Waals surface area contributed by atoms with Gasteiger partial charge in [-0.05, 0) is 42.9 Å². The topological polar surface area (TPSA) is 85.8 Å². The summed E-state index contributed by atoms with van der Waals surface area (Å²) >= 11 is 0. The van der Waals surface area contributed by atoms with Gasteiger partial charge in [-0.3, -0.25) is 0 Å². The van der Waals surface area contributed by atoms with Crippen LogP contribution in [0.4, 0.5) is 38.1 Å². The fourth-order valence-electron chi connectivity index (χ4n) is 4.90. The number of hydrogen-bond acceptors (Lipinski definition) is 6. The smallest absolute Gasteiger partial charge is 0.383 e. The maximum absolute atomic E-state index is 13.5. The Balaban J connectivity index is 1.36. The maximum Gasteiger partial charge on any atom is 0.434 e. The first-order valence-corrected chi connectivity index (χ1v) is 11.8. The zero-order chi connectivity index (χ0) is 27.2. The molecule has 2 N–H and O–H groups in total. The van der Waals surface area contributed by atoms with E-state index < -0.39 is 23.6 Å². The van der Waals surface area contributed by atoms with Crippen LogP contribution in [0, 0.1) is 5.92 Å². The van der Waals surface area contributed by atoms with Gasteiger partial charge in [-0.1, -0.05) is 18.2 Å². The molecule has 38 heavy (non-hydrogen) atoms. The molecule has 1 aromatic carbocycles. The number of fused-ring (bicyclic) bond motifs is 1. The van der Waals surface area contributed by atoms with Crippen LogP contribution in [0.15, 0.2) is 42.7 Å². The van der Waals surface area contributed by atoms with E-state index in [-0.39, 0.29) is 34.7 Å². The Kier molecular flexibility index (Phi) is 6.40. The molecule has 0 amide bonds. The summed E-state index contributed by atoms with van der Waals surface area (Å²) in [5, 5.41) is 0.488. The average Bonchev–Trinajstić information content (AvgIpc) is 3.26. The largest absolute Gasteiger partial charge is 0.434 e. The van der Waals surface area contributed by atoms with E-state index in [1.165, 1.54) is 36.0 Å². The summed E-state index contributed by atoms with van der Waals surface area (Å²) in [5.41, 5.74) is 5.28. The van der Waals surface area contributed by atoms with Gasteiger partial charge >= 0.3 is 12.4 Å². The second kappa shape index (κ2) is 9.44. The number of aryl methyl sites for hydroxylation is 1. The van der Waals surface area contributed by atoms with Crippen molar-refractivity contribution in [3.05, 3.63) is 59.5 Å². The van der Waals surface area contributed by atoms with Crippen LogP contribution in [0.1, 0.15) is 29.7 Å². The first-order chi connectivity index (χ1) is 17.9. The summed E-state index contributed by atoms with van der Waals surface area (Å²) < 4.78 is 81.1. The molecule has 13 heteroatoms. The molecule has 4 aromatic rings. The Labute approximate surface area is 213 Å². The second-order valence-electron chi connectivity index (χ2n) is 9.31. The van der Waals surface area contributed by atoms with E-state index in [2.05, 4.69) is 19.9 Å². The molecule has 0 bridgehead atoms. The lowest BCUT2D eigenvalue weighted by molar-refractivity contribution is -0.141. The van der Waals surface area contributed by atoms with E-state index in [0.717, 1.165) is 17.8 Å². The van der Waals surface area contributed by atoms with Crippen molar-refractivity contribution in [2.24, 2.45) is 13.0 Å². The zero-order valence-electron chi connectivity index (χ0n) is 20.2. The molecule has 5 rings (SSSR count). The fourth-order valence-corrected chi connectivity index (χ4v) is 4.90. The molecule has 0 aliphatic carbocycles. The molecular formula is C25H23F6N7. The van der Waals surface area contributed by atoms with E-state index in [4.69, 9.17) is 5.73 Å². The molecule has 0 saturated carbocycles. The number of imidazole rings is 1. The van der Waals surface area contributed by atoms with E-state index >= 15 is 0 Å². The first-order valence-electron chi connectivity index (χ1n) is 11.8. The van der Waals surface area contributed by atoms with Gasteiger partial charge in [-0.2, -0.15) is 26.3 Å². The van der Waals surface area contributed by atoms with Gasteiger partial charge in [0.2, 0.25) is 5.95 Å². The Hall–Kier alpha value is -3.90. The Bertz CT molecular complexity index is 1470. The predicted octanol–water partition coefficient (Wildman–Crippen LogP) is 5.50. The number of benzene rings is 1. The van der Waals surface area contributed by atoms with E-state index in [1.807, 2.05) is 4.90 Å². The van der Waals surface area contributed by atoms with Gasteiger partial charge in [0.25, 0.3) is 0 Å². The highest BCUT2D eigenvalue weighted by molar-refractivity contribution is 5.90. The molecule has 200 valence electrons. The number of pyridine rings is 1. The van der Waals surface area contributed by atoms with Crippen molar-refractivity contribution in [3.63, 3.8) is 0 Å². The van der Waals surface area contributed by atoms with Crippen LogP contribution in [0.25, 0.3) is 22.4 Å². The third-order valence-electron chi connectivity index (χ3n) is 6.73. The van der Waals surface area contributed by atoms with Gasteiger partial charge in [-0.25, -0.2) is 19.9 Å². The average molecular weight is 535 g/mol. The summed E-state index contributed by atoms with van der Waals surface area (Å²) in [6.45, 7) is 1.06. The molecule has 4 heterocycles. The molecule has 3 aromatic heterocycles.